The van der Waals surface area contributed by atoms with E-state index >= 15 is 0 Å². The zero-order valence-corrected chi connectivity index (χ0v) is 9.07. The largest absolute Gasteiger partial charge is 0.302 e. The number of hydrogen-bond acceptors (Lipinski definition) is 3. The van der Waals surface area contributed by atoms with Crippen molar-refractivity contribution >= 4 is 17.9 Å². The Morgan fingerprint density at radius 1 is 1.60 bits per heavy atom. The van der Waals surface area contributed by atoms with Gasteiger partial charge in [-0.1, -0.05) is 23.7 Å². The molecule has 0 amide bonds. The monoisotopic (exact) mass is 224 g/mol. The first kappa shape index (κ1) is 10.6. The number of nitrogens with zero attached hydrogens (tertiary/aromatic N) is 1. The minimum atomic E-state index is -0.0102. The van der Waals surface area contributed by atoms with Gasteiger partial charge in [0.25, 0.3) is 0 Å². The molecule has 1 saturated heterocycles. The second kappa shape index (κ2) is 4.75. The number of aldehydes is 1. The smallest absolute Gasteiger partial charge is 0.138 e. The van der Waals surface area contributed by atoms with Gasteiger partial charge in [0, 0.05) is 24.8 Å². The molecular formula is C11H13ClN2O. The predicted octanol–water partition coefficient (Wildman–Crippen LogP) is 1.27. The van der Waals surface area contributed by atoms with Gasteiger partial charge in [-0.05, 0) is 17.7 Å². The van der Waals surface area contributed by atoms with Crippen LogP contribution in [-0.4, -0.2) is 30.4 Å². The molecule has 0 radical (unpaired) electrons. The average molecular weight is 225 g/mol. The Morgan fingerprint density at radius 3 is 3.20 bits per heavy atom. The molecule has 1 aliphatic heterocycles. The second-order valence-corrected chi connectivity index (χ2v) is 4.13. The number of nitrogens with one attached hydrogen (secondary N) is 1. The molecule has 1 aromatic rings. The van der Waals surface area contributed by atoms with Crippen LogP contribution in [0.5, 0.6) is 0 Å². The normalized spacial score (nSPS) is 21.8. The molecule has 15 heavy (non-hydrogen) atoms. The summed E-state index contributed by atoms with van der Waals surface area (Å²) in [6, 6.07) is 7.72. The first-order chi connectivity index (χ1) is 7.29. The topological polar surface area (TPSA) is 32.3 Å². The molecule has 1 atom stereocenters. The fraction of sp³-hybridized carbons (Fsp3) is 0.364. The fourth-order valence-corrected chi connectivity index (χ4v) is 1.99. The summed E-state index contributed by atoms with van der Waals surface area (Å²) in [5, 5.41) is 3.91. The van der Waals surface area contributed by atoms with Gasteiger partial charge in [0.2, 0.25) is 0 Å². The molecule has 1 fully saturated rings. The molecule has 1 unspecified atom stereocenters. The average Bonchev–Trinajstić information content (AvgIpc) is 2.65. The summed E-state index contributed by atoms with van der Waals surface area (Å²) in [6.07, 6.45) is 0.991. The Hall–Kier alpha value is -0.900. The van der Waals surface area contributed by atoms with Crippen LogP contribution in [0.1, 0.15) is 5.56 Å². The predicted molar refractivity (Wildman–Crippen MR) is 59.7 cm³/mol. The number of hydrogen-bond donors (Lipinski definition) is 1. The highest BCUT2D eigenvalue weighted by Gasteiger charge is 2.23. The van der Waals surface area contributed by atoms with Gasteiger partial charge in [-0.3, -0.25) is 4.90 Å². The summed E-state index contributed by atoms with van der Waals surface area (Å²) >= 11 is 5.90. The van der Waals surface area contributed by atoms with Crippen molar-refractivity contribution in [3.05, 3.63) is 34.9 Å². The van der Waals surface area contributed by atoms with Gasteiger partial charge in [-0.25, -0.2) is 0 Å². The van der Waals surface area contributed by atoms with Crippen LogP contribution >= 0.6 is 11.6 Å². The first-order valence-corrected chi connectivity index (χ1v) is 5.32. The van der Waals surface area contributed by atoms with E-state index in [2.05, 4.69) is 10.2 Å². The molecule has 3 nitrogen and oxygen atoms in total. The molecule has 1 aliphatic rings. The van der Waals surface area contributed by atoms with Crippen molar-refractivity contribution < 1.29 is 4.79 Å². The van der Waals surface area contributed by atoms with Crippen molar-refractivity contribution in [1.29, 1.82) is 0 Å². The lowest BCUT2D eigenvalue weighted by Crippen LogP contribution is -2.31. The summed E-state index contributed by atoms with van der Waals surface area (Å²) in [6.45, 7) is 2.26. The van der Waals surface area contributed by atoms with Gasteiger partial charge in [-0.15, -0.1) is 0 Å². The third-order valence-electron chi connectivity index (χ3n) is 2.57. The van der Waals surface area contributed by atoms with Crippen molar-refractivity contribution in [1.82, 2.24) is 10.2 Å². The molecule has 1 aromatic carbocycles. The van der Waals surface area contributed by atoms with Crippen LogP contribution in [0, 0.1) is 0 Å². The zero-order chi connectivity index (χ0) is 10.7. The molecule has 1 N–H and O–H groups in total. The maximum atomic E-state index is 10.8. The quantitative estimate of drug-likeness (QED) is 0.785. The van der Waals surface area contributed by atoms with Crippen LogP contribution in [0.3, 0.4) is 0 Å². The lowest BCUT2D eigenvalue weighted by atomic mass is 10.2. The van der Waals surface area contributed by atoms with E-state index in [1.807, 2.05) is 24.3 Å². The summed E-state index contributed by atoms with van der Waals surface area (Å²) in [5.41, 5.74) is 1.14. The van der Waals surface area contributed by atoms with Crippen molar-refractivity contribution in [2.45, 2.75) is 12.6 Å². The molecule has 80 valence electrons. The molecule has 4 heteroatoms. The van der Waals surface area contributed by atoms with Crippen LogP contribution < -0.4 is 5.32 Å². The molecule has 0 aromatic heterocycles. The van der Waals surface area contributed by atoms with Gasteiger partial charge in [0.1, 0.15) is 6.29 Å². The lowest BCUT2D eigenvalue weighted by Gasteiger charge is -2.18. The SMILES string of the molecule is O=CC1CNCN1Cc1cccc(Cl)c1. The van der Waals surface area contributed by atoms with E-state index in [9.17, 15) is 4.79 Å². The Balaban J connectivity index is 2.05. The molecule has 1 heterocycles. The summed E-state index contributed by atoms with van der Waals surface area (Å²) in [4.78, 5) is 12.9. The Bertz CT molecular complexity index is 356. The third kappa shape index (κ3) is 2.56. The third-order valence-corrected chi connectivity index (χ3v) is 2.80. The summed E-state index contributed by atoms with van der Waals surface area (Å²) in [7, 11) is 0. The van der Waals surface area contributed by atoms with Crippen LogP contribution in [0.2, 0.25) is 5.02 Å². The Labute approximate surface area is 94.0 Å². The van der Waals surface area contributed by atoms with Crippen LogP contribution in [0.25, 0.3) is 0 Å². The van der Waals surface area contributed by atoms with Crippen LogP contribution in [0.4, 0.5) is 0 Å². The molecular weight excluding hydrogens is 212 g/mol. The minimum Gasteiger partial charge on any atom is -0.302 e. The summed E-state index contributed by atoms with van der Waals surface area (Å²) < 4.78 is 0. The van der Waals surface area contributed by atoms with Gasteiger partial charge in [-0.2, -0.15) is 0 Å². The van der Waals surface area contributed by atoms with Crippen molar-refractivity contribution in [2.75, 3.05) is 13.2 Å². The van der Waals surface area contributed by atoms with E-state index < -0.39 is 0 Å². The standard InChI is InChI=1S/C11H13ClN2O/c12-10-3-1-2-9(4-10)6-14-8-13-5-11(14)7-15/h1-4,7,11,13H,5-6,8H2. The minimum absolute atomic E-state index is 0.0102. The van der Waals surface area contributed by atoms with E-state index in [1.165, 1.54) is 0 Å². The number of rotatable bonds is 3. The first-order valence-electron chi connectivity index (χ1n) is 4.94. The molecule has 0 aliphatic carbocycles. The van der Waals surface area contributed by atoms with E-state index in [0.29, 0.717) is 0 Å². The maximum absolute atomic E-state index is 10.8. The number of benzene rings is 1. The lowest BCUT2D eigenvalue weighted by molar-refractivity contribution is -0.111. The molecule has 0 spiro atoms. The van der Waals surface area contributed by atoms with Gasteiger partial charge in [0.15, 0.2) is 0 Å². The van der Waals surface area contributed by atoms with Gasteiger partial charge < -0.3 is 10.1 Å². The molecule has 0 bridgehead atoms. The highest BCUT2D eigenvalue weighted by atomic mass is 35.5. The van der Waals surface area contributed by atoms with E-state index in [4.69, 9.17) is 11.6 Å². The van der Waals surface area contributed by atoms with E-state index in [-0.39, 0.29) is 6.04 Å². The molecule has 2 rings (SSSR count). The number of carbonyl (C=O) groups is 1. The Kier molecular flexibility index (Phi) is 3.36. The van der Waals surface area contributed by atoms with Crippen molar-refractivity contribution in [2.24, 2.45) is 0 Å². The number of halogens is 1. The van der Waals surface area contributed by atoms with Crippen molar-refractivity contribution in [3.63, 3.8) is 0 Å². The molecule has 0 saturated carbocycles. The fourth-order valence-electron chi connectivity index (χ4n) is 1.78. The number of carbonyl (C=O) groups excluding carboxylic acids is 1. The van der Waals surface area contributed by atoms with Crippen LogP contribution in [0.15, 0.2) is 24.3 Å². The van der Waals surface area contributed by atoms with E-state index in [0.717, 1.165) is 36.6 Å². The highest BCUT2D eigenvalue weighted by Crippen LogP contribution is 2.14. The second-order valence-electron chi connectivity index (χ2n) is 3.69. The highest BCUT2D eigenvalue weighted by molar-refractivity contribution is 6.30. The van der Waals surface area contributed by atoms with Crippen molar-refractivity contribution in [3.8, 4) is 0 Å². The van der Waals surface area contributed by atoms with Gasteiger partial charge >= 0.3 is 0 Å². The Morgan fingerprint density at radius 2 is 2.47 bits per heavy atom. The maximum Gasteiger partial charge on any atom is 0.138 e. The van der Waals surface area contributed by atoms with E-state index in [1.54, 1.807) is 0 Å². The summed E-state index contributed by atoms with van der Waals surface area (Å²) in [5.74, 6) is 0. The van der Waals surface area contributed by atoms with Gasteiger partial charge in [0.05, 0.1) is 6.04 Å². The zero-order valence-electron chi connectivity index (χ0n) is 8.32. The van der Waals surface area contributed by atoms with Crippen LogP contribution in [-0.2, 0) is 11.3 Å².